The number of hydrogen-bond acceptors (Lipinski definition) is 5. The Morgan fingerprint density at radius 3 is 2.58 bits per heavy atom. The molecule has 0 atom stereocenters. The molecule has 106 valence electrons. The van der Waals surface area contributed by atoms with Crippen molar-refractivity contribution in [2.75, 3.05) is 6.54 Å². The highest BCUT2D eigenvalue weighted by Crippen LogP contribution is 2.26. The van der Waals surface area contributed by atoms with Crippen molar-refractivity contribution in [1.29, 1.82) is 0 Å². The minimum atomic E-state index is -0.644. The van der Waals surface area contributed by atoms with Crippen LogP contribution in [0.25, 0.3) is 0 Å². The van der Waals surface area contributed by atoms with E-state index >= 15 is 0 Å². The van der Waals surface area contributed by atoms with Gasteiger partial charge in [0.05, 0.1) is 18.2 Å². The molecule has 1 aliphatic rings. The SMILES string of the molecule is O=[N+]([O-])c1ccc(CNCC2(O)CCCCCC2)o1. The molecule has 2 rings (SSSR count). The number of furan rings is 1. The second-order valence-corrected chi connectivity index (χ2v) is 5.24. The van der Waals surface area contributed by atoms with Gasteiger partial charge in [0.25, 0.3) is 0 Å². The largest absolute Gasteiger partial charge is 0.433 e. The number of hydrogen-bond donors (Lipinski definition) is 2. The van der Waals surface area contributed by atoms with Gasteiger partial charge in [0.15, 0.2) is 0 Å². The molecule has 0 unspecified atom stereocenters. The predicted octanol–water partition coefficient (Wildman–Crippen LogP) is 2.36. The monoisotopic (exact) mass is 268 g/mol. The summed E-state index contributed by atoms with van der Waals surface area (Å²) in [4.78, 5) is 9.92. The fourth-order valence-corrected chi connectivity index (χ4v) is 2.54. The summed E-state index contributed by atoms with van der Waals surface area (Å²) < 4.78 is 5.05. The Morgan fingerprint density at radius 1 is 1.32 bits per heavy atom. The van der Waals surface area contributed by atoms with E-state index < -0.39 is 10.5 Å². The van der Waals surface area contributed by atoms with Crippen LogP contribution in [0.3, 0.4) is 0 Å². The minimum Gasteiger partial charge on any atom is -0.404 e. The van der Waals surface area contributed by atoms with Crippen LogP contribution in [0.2, 0.25) is 0 Å². The van der Waals surface area contributed by atoms with Gasteiger partial charge in [0.1, 0.15) is 10.7 Å². The second-order valence-electron chi connectivity index (χ2n) is 5.24. The zero-order chi connectivity index (χ0) is 13.7. The molecule has 0 spiro atoms. The van der Waals surface area contributed by atoms with E-state index in [1.54, 1.807) is 6.07 Å². The Bertz CT molecular complexity index is 422. The highest BCUT2D eigenvalue weighted by Gasteiger charge is 2.27. The summed E-state index contributed by atoms with van der Waals surface area (Å²) in [5.41, 5.74) is -0.644. The first kappa shape index (κ1) is 14.0. The normalized spacial score (nSPS) is 19.0. The van der Waals surface area contributed by atoms with Crippen molar-refractivity contribution in [3.63, 3.8) is 0 Å². The summed E-state index contributed by atoms with van der Waals surface area (Å²) in [6.07, 6.45) is 6.13. The first-order valence-electron chi connectivity index (χ1n) is 6.75. The molecule has 1 aromatic heterocycles. The predicted molar refractivity (Wildman–Crippen MR) is 69.7 cm³/mol. The fourth-order valence-electron chi connectivity index (χ4n) is 2.54. The summed E-state index contributed by atoms with van der Waals surface area (Å²) in [5, 5.41) is 24.0. The average molecular weight is 268 g/mol. The van der Waals surface area contributed by atoms with E-state index in [-0.39, 0.29) is 5.88 Å². The molecule has 2 N–H and O–H groups in total. The molecule has 0 bridgehead atoms. The van der Waals surface area contributed by atoms with Gasteiger partial charge in [-0.3, -0.25) is 10.1 Å². The third-order valence-corrected chi connectivity index (χ3v) is 3.61. The third-order valence-electron chi connectivity index (χ3n) is 3.61. The summed E-state index contributed by atoms with van der Waals surface area (Å²) >= 11 is 0. The Hall–Kier alpha value is -1.40. The van der Waals surface area contributed by atoms with Crippen molar-refractivity contribution in [3.05, 3.63) is 28.0 Å². The zero-order valence-corrected chi connectivity index (χ0v) is 10.9. The molecular formula is C13H20N2O4. The zero-order valence-electron chi connectivity index (χ0n) is 10.9. The number of aliphatic hydroxyl groups is 1. The molecule has 0 aromatic carbocycles. The Balaban J connectivity index is 1.80. The first-order chi connectivity index (χ1) is 9.09. The van der Waals surface area contributed by atoms with Crippen LogP contribution in [0, 0.1) is 10.1 Å². The topological polar surface area (TPSA) is 88.5 Å². The lowest BCUT2D eigenvalue weighted by Gasteiger charge is -2.26. The lowest BCUT2D eigenvalue weighted by Crippen LogP contribution is -2.39. The van der Waals surface area contributed by atoms with E-state index in [0.717, 1.165) is 25.7 Å². The van der Waals surface area contributed by atoms with E-state index in [1.165, 1.54) is 18.9 Å². The molecule has 19 heavy (non-hydrogen) atoms. The quantitative estimate of drug-likeness (QED) is 0.486. The molecule has 1 heterocycles. The summed E-state index contributed by atoms with van der Waals surface area (Å²) in [5.74, 6) is 0.272. The van der Waals surface area contributed by atoms with Gasteiger partial charge in [0, 0.05) is 6.54 Å². The van der Waals surface area contributed by atoms with Crippen molar-refractivity contribution >= 4 is 5.88 Å². The van der Waals surface area contributed by atoms with E-state index in [2.05, 4.69) is 5.32 Å². The van der Waals surface area contributed by atoms with Gasteiger partial charge >= 0.3 is 5.88 Å². The molecular weight excluding hydrogens is 248 g/mol. The number of nitrogens with one attached hydrogen (secondary N) is 1. The van der Waals surface area contributed by atoms with Crippen molar-refractivity contribution in [1.82, 2.24) is 5.32 Å². The standard InChI is InChI=1S/C13H20N2O4/c16-13(7-3-1-2-4-8-13)10-14-9-11-5-6-12(19-11)15(17)18/h5-6,14,16H,1-4,7-10H2. The number of nitro groups is 1. The van der Waals surface area contributed by atoms with Gasteiger partial charge in [0.2, 0.25) is 0 Å². The lowest BCUT2D eigenvalue weighted by atomic mass is 9.94. The average Bonchev–Trinajstić information content (AvgIpc) is 2.73. The molecule has 1 saturated carbocycles. The lowest BCUT2D eigenvalue weighted by molar-refractivity contribution is -0.402. The van der Waals surface area contributed by atoms with Crippen LogP contribution in [-0.4, -0.2) is 22.2 Å². The van der Waals surface area contributed by atoms with Gasteiger partial charge < -0.3 is 14.8 Å². The highest BCUT2D eigenvalue weighted by molar-refractivity contribution is 5.17. The molecule has 6 heteroatoms. The van der Waals surface area contributed by atoms with E-state index in [9.17, 15) is 15.2 Å². The summed E-state index contributed by atoms with van der Waals surface area (Å²) in [6.45, 7) is 0.900. The maximum atomic E-state index is 10.5. The molecule has 0 radical (unpaired) electrons. The van der Waals surface area contributed by atoms with Gasteiger partial charge in [-0.25, -0.2) is 0 Å². The molecule has 0 saturated heterocycles. The smallest absolute Gasteiger partial charge is 0.404 e. The fraction of sp³-hybridized carbons (Fsp3) is 0.692. The number of nitrogens with zero attached hydrogens (tertiary/aromatic N) is 1. The molecule has 0 amide bonds. The highest BCUT2D eigenvalue weighted by atomic mass is 16.6. The van der Waals surface area contributed by atoms with Crippen LogP contribution < -0.4 is 5.32 Å². The Labute approximate surface area is 112 Å². The molecule has 0 aliphatic heterocycles. The van der Waals surface area contributed by atoms with Crippen molar-refractivity contribution in [2.45, 2.75) is 50.7 Å². The van der Waals surface area contributed by atoms with Crippen molar-refractivity contribution in [3.8, 4) is 0 Å². The van der Waals surface area contributed by atoms with E-state index in [4.69, 9.17) is 4.42 Å². The van der Waals surface area contributed by atoms with Crippen molar-refractivity contribution in [2.24, 2.45) is 0 Å². The molecule has 1 aliphatic carbocycles. The first-order valence-corrected chi connectivity index (χ1v) is 6.75. The van der Waals surface area contributed by atoms with Crippen LogP contribution >= 0.6 is 0 Å². The second kappa shape index (κ2) is 6.16. The van der Waals surface area contributed by atoms with Gasteiger partial charge in [-0.15, -0.1) is 0 Å². The van der Waals surface area contributed by atoms with Crippen LogP contribution in [-0.2, 0) is 6.54 Å². The maximum Gasteiger partial charge on any atom is 0.433 e. The van der Waals surface area contributed by atoms with E-state index in [1.807, 2.05) is 0 Å². The van der Waals surface area contributed by atoms with Crippen LogP contribution in [0.4, 0.5) is 5.88 Å². The van der Waals surface area contributed by atoms with E-state index in [0.29, 0.717) is 18.8 Å². The maximum absolute atomic E-state index is 10.5. The van der Waals surface area contributed by atoms with Gasteiger partial charge in [-0.2, -0.15) is 0 Å². The summed E-state index contributed by atoms with van der Waals surface area (Å²) in [6, 6.07) is 2.93. The van der Waals surface area contributed by atoms with Crippen LogP contribution in [0.15, 0.2) is 16.5 Å². The minimum absolute atomic E-state index is 0.245. The molecule has 6 nitrogen and oxygen atoms in total. The van der Waals surface area contributed by atoms with Crippen LogP contribution in [0.5, 0.6) is 0 Å². The molecule has 1 fully saturated rings. The van der Waals surface area contributed by atoms with Gasteiger partial charge in [-0.1, -0.05) is 25.7 Å². The third kappa shape index (κ3) is 4.04. The number of rotatable bonds is 5. The van der Waals surface area contributed by atoms with Crippen molar-refractivity contribution < 1.29 is 14.4 Å². The van der Waals surface area contributed by atoms with Gasteiger partial charge in [-0.05, 0) is 18.9 Å². The Kier molecular flexibility index (Phi) is 4.55. The Morgan fingerprint density at radius 2 is 2.00 bits per heavy atom. The molecule has 1 aromatic rings. The summed E-state index contributed by atoms with van der Waals surface area (Å²) in [7, 11) is 0. The van der Waals surface area contributed by atoms with Crippen LogP contribution in [0.1, 0.15) is 44.3 Å².